The van der Waals surface area contributed by atoms with Gasteiger partial charge >= 0.3 is 0 Å². The number of rotatable bonds is 1. The topological polar surface area (TPSA) is 24.1 Å². The van der Waals surface area contributed by atoms with Crippen molar-refractivity contribution in [1.29, 1.82) is 0 Å². The van der Waals surface area contributed by atoms with Gasteiger partial charge in [0.25, 0.3) is 0 Å². The summed E-state index contributed by atoms with van der Waals surface area (Å²) in [4.78, 5) is 0. The van der Waals surface area contributed by atoms with Crippen molar-refractivity contribution in [1.82, 2.24) is 0 Å². The third kappa shape index (κ3) is 3.15. The van der Waals surface area contributed by atoms with Gasteiger partial charge in [-0.2, -0.15) is 0 Å². The zero-order valence-corrected chi connectivity index (χ0v) is 18.2. The van der Waals surface area contributed by atoms with E-state index in [1.54, 1.807) is 0 Å². The molecule has 0 atom stereocenters. The van der Waals surface area contributed by atoms with E-state index in [0.29, 0.717) is 0 Å². The summed E-state index contributed by atoms with van der Waals surface area (Å²) in [6, 6.07) is 17.8. The Hall–Kier alpha value is -2.48. The second-order valence-corrected chi connectivity index (χ2v) is 10.2. The molecule has 2 nitrogen and oxygen atoms in total. The Kier molecular flexibility index (Phi) is 4.22. The van der Waals surface area contributed by atoms with Crippen molar-refractivity contribution in [2.45, 2.75) is 65.5 Å². The Balaban J connectivity index is 1.86. The molecule has 0 amide bonds. The van der Waals surface area contributed by atoms with Gasteiger partial charge in [-0.3, -0.25) is 0 Å². The van der Waals surface area contributed by atoms with Crippen LogP contribution in [0.1, 0.15) is 70.0 Å². The lowest BCUT2D eigenvalue weighted by Gasteiger charge is -2.34. The largest absolute Gasteiger partial charge is 0.361 e. The molecule has 0 bridgehead atoms. The van der Waals surface area contributed by atoms with E-state index in [4.69, 9.17) is 0 Å². The molecule has 3 aromatic rings. The van der Waals surface area contributed by atoms with E-state index in [1.807, 2.05) is 0 Å². The highest BCUT2D eigenvalue weighted by molar-refractivity contribution is 6.04. The lowest BCUT2D eigenvalue weighted by Crippen LogP contribution is -2.26. The van der Waals surface area contributed by atoms with Gasteiger partial charge in [-0.05, 0) is 57.5 Å². The van der Waals surface area contributed by atoms with E-state index < -0.39 is 0 Å². The molecular weight excluding hydrogens is 340 g/mol. The molecule has 1 aliphatic heterocycles. The zero-order chi connectivity index (χ0) is 20.3. The number of benzene rings is 3. The Bertz CT molecular complexity index is 972. The van der Waals surface area contributed by atoms with Crippen LogP contribution >= 0.6 is 0 Å². The van der Waals surface area contributed by atoms with Crippen LogP contribution in [0, 0.1) is 6.92 Å². The molecule has 0 fully saturated rings. The minimum atomic E-state index is 0.0586. The Morgan fingerprint density at radius 1 is 0.714 bits per heavy atom. The minimum Gasteiger partial charge on any atom is -0.361 e. The van der Waals surface area contributed by atoms with Gasteiger partial charge in [-0.25, -0.2) is 0 Å². The molecule has 0 aromatic heterocycles. The number of nitrogens with one attached hydrogen (secondary N) is 2. The number of hydrogen-bond acceptors (Lipinski definition) is 2. The van der Waals surface area contributed by atoms with Gasteiger partial charge in [0.2, 0.25) is 0 Å². The molecule has 0 unspecified atom stereocenters. The van der Waals surface area contributed by atoms with Crippen molar-refractivity contribution >= 4 is 22.1 Å². The van der Waals surface area contributed by atoms with E-state index in [9.17, 15) is 0 Å². The van der Waals surface area contributed by atoms with Gasteiger partial charge in [0, 0.05) is 16.8 Å². The van der Waals surface area contributed by atoms with Crippen LogP contribution in [-0.2, 0) is 10.8 Å². The average Bonchev–Trinajstić information content (AvgIpc) is 2.60. The first kappa shape index (κ1) is 18.9. The Morgan fingerprint density at radius 2 is 1.18 bits per heavy atom. The normalized spacial score (nSPS) is 14.7. The first-order chi connectivity index (χ1) is 13.1. The molecular formula is C26H32N2. The van der Waals surface area contributed by atoms with E-state index in [1.165, 1.54) is 44.4 Å². The van der Waals surface area contributed by atoms with Crippen LogP contribution in [0.2, 0.25) is 0 Å². The highest BCUT2D eigenvalue weighted by Crippen LogP contribution is 2.41. The molecule has 0 saturated heterocycles. The molecule has 2 heteroatoms. The first-order valence-electron chi connectivity index (χ1n) is 10.3. The average molecular weight is 373 g/mol. The summed E-state index contributed by atoms with van der Waals surface area (Å²) < 4.78 is 0. The fourth-order valence-corrected chi connectivity index (χ4v) is 4.56. The van der Waals surface area contributed by atoms with E-state index in [0.717, 1.165) is 0 Å². The van der Waals surface area contributed by atoms with Crippen molar-refractivity contribution in [2.24, 2.45) is 0 Å². The molecule has 146 valence electrons. The predicted octanol–water partition coefficient (Wildman–Crippen LogP) is 7.28. The molecule has 0 aliphatic carbocycles. The van der Waals surface area contributed by atoms with Crippen LogP contribution in [-0.4, -0.2) is 0 Å². The standard InChI is InChI=1S/C26H32N2/c1-16-19(25(2,3)4)14-18(15-20(16)26(5,6)7)24-27-21-12-8-10-17-11-9-13-22(28-24)23(17)21/h8-15,24,27-28H,1-7H3. The predicted molar refractivity (Wildman–Crippen MR) is 123 cm³/mol. The zero-order valence-electron chi connectivity index (χ0n) is 18.2. The molecule has 2 N–H and O–H groups in total. The lowest BCUT2D eigenvalue weighted by molar-refractivity contribution is 0.558. The fraction of sp³-hybridized carbons (Fsp3) is 0.385. The number of hydrogen-bond donors (Lipinski definition) is 2. The van der Waals surface area contributed by atoms with E-state index in [-0.39, 0.29) is 17.0 Å². The summed E-state index contributed by atoms with van der Waals surface area (Å²) in [5.74, 6) is 0. The second-order valence-electron chi connectivity index (χ2n) is 10.2. The maximum atomic E-state index is 3.74. The molecule has 0 saturated carbocycles. The van der Waals surface area contributed by atoms with Crippen LogP contribution < -0.4 is 10.6 Å². The van der Waals surface area contributed by atoms with Gasteiger partial charge in [-0.15, -0.1) is 0 Å². The summed E-state index contributed by atoms with van der Waals surface area (Å²) >= 11 is 0. The van der Waals surface area contributed by atoms with Crippen molar-refractivity contribution in [3.05, 3.63) is 70.8 Å². The van der Waals surface area contributed by atoms with E-state index >= 15 is 0 Å². The van der Waals surface area contributed by atoms with Crippen LogP contribution in [0.25, 0.3) is 10.8 Å². The van der Waals surface area contributed by atoms with Gasteiger partial charge in [-0.1, -0.05) is 77.9 Å². The summed E-state index contributed by atoms with van der Waals surface area (Å²) in [6.07, 6.45) is 0.0586. The van der Waals surface area contributed by atoms with Crippen molar-refractivity contribution in [3.63, 3.8) is 0 Å². The van der Waals surface area contributed by atoms with Crippen LogP contribution in [0.3, 0.4) is 0 Å². The lowest BCUT2D eigenvalue weighted by atomic mass is 9.75. The highest BCUT2D eigenvalue weighted by Gasteiger charge is 2.27. The summed E-state index contributed by atoms with van der Waals surface area (Å²) in [5.41, 5.74) is 8.18. The van der Waals surface area contributed by atoms with Gasteiger partial charge in [0.1, 0.15) is 6.17 Å². The Labute approximate surface area is 169 Å². The van der Waals surface area contributed by atoms with Crippen LogP contribution in [0.15, 0.2) is 48.5 Å². The maximum Gasteiger partial charge on any atom is 0.123 e. The van der Waals surface area contributed by atoms with Gasteiger partial charge < -0.3 is 10.6 Å². The maximum absolute atomic E-state index is 3.74. The molecule has 1 heterocycles. The first-order valence-corrected chi connectivity index (χ1v) is 10.3. The third-order valence-corrected chi connectivity index (χ3v) is 5.88. The second kappa shape index (κ2) is 6.27. The SMILES string of the molecule is Cc1c(C(C)(C)C)cc(C2Nc3cccc4cccc(c34)N2)cc1C(C)(C)C. The number of anilines is 2. The summed E-state index contributed by atoms with van der Waals surface area (Å²) in [5, 5.41) is 10.0. The van der Waals surface area contributed by atoms with Crippen molar-refractivity contribution in [3.8, 4) is 0 Å². The summed E-state index contributed by atoms with van der Waals surface area (Å²) in [6.45, 7) is 16.1. The van der Waals surface area contributed by atoms with Crippen LogP contribution in [0.5, 0.6) is 0 Å². The quantitative estimate of drug-likeness (QED) is 0.469. The van der Waals surface area contributed by atoms with Crippen LogP contribution in [0.4, 0.5) is 11.4 Å². The van der Waals surface area contributed by atoms with Crippen molar-refractivity contribution in [2.75, 3.05) is 10.6 Å². The summed E-state index contributed by atoms with van der Waals surface area (Å²) in [7, 11) is 0. The monoisotopic (exact) mass is 372 g/mol. The molecule has 4 rings (SSSR count). The van der Waals surface area contributed by atoms with E-state index in [2.05, 4.69) is 108 Å². The minimum absolute atomic E-state index is 0.0586. The van der Waals surface area contributed by atoms with Gasteiger partial charge in [0.05, 0.1) is 0 Å². The molecule has 0 radical (unpaired) electrons. The molecule has 1 aliphatic rings. The molecule has 0 spiro atoms. The fourth-order valence-electron chi connectivity index (χ4n) is 4.56. The van der Waals surface area contributed by atoms with Gasteiger partial charge in [0.15, 0.2) is 0 Å². The molecule has 28 heavy (non-hydrogen) atoms. The molecule has 3 aromatic carbocycles. The smallest absolute Gasteiger partial charge is 0.123 e. The highest BCUT2D eigenvalue weighted by atomic mass is 15.1. The van der Waals surface area contributed by atoms with Crippen molar-refractivity contribution < 1.29 is 0 Å². The Morgan fingerprint density at radius 3 is 1.61 bits per heavy atom. The third-order valence-electron chi connectivity index (χ3n) is 5.88.